The van der Waals surface area contributed by atoms with Gasteiger partial charge in [-0.2, -0.15) is 0 Å². The molecule has 0 aromatic heterocycles. The lowest BCUT2D eigenvalue weighted by Gasteiger charge is -2.52. The molecule has 1 N–H and O–H groups in total. The van der Waals surface area contributed by atoms with Crippen molar-refractivity contribution in [3.63, 3.8) is 0 Å². The van der Waals surface area contributed by atoms with E-state index in [0.29, 0.717) is 6.61 Å². The zero-order chi connectivity index (χ0) is 15.1. The third-order valence-corrected chi connectivity index (χ3v) is 4.65. The van der Waals surface area contributed by atoms with E-state index < -0.39 is 0 Å². The van der Waals surface area contributed by atoms with Crippen LogP contribution in [0.4, 0.5) is 0 Å². The van der Waals surface area contributed by atoms with Crippen LogP contribution < -0.4 is 5.32 Å². The molecular weight excluding hydrogens is 256 g/mol. The summed E-state index contributed by atoms with van der Waals surface area (Å²) in [7, 11) is 0. The first-order valence-electron chi connectivity index (χ1n) is 7.52. The number of nitrogens with one attached hydrogen (secondary N) is 1. The van der Waals surface area contributed by atoms with Crippen molar-refractivity contribution in [2.24, 2.45) is 5.41 Å². The zero-order valence-electron chi connectivity index (χ0n) is 13.1. The van der Waals surface area contributed by atoms with Crippen LogP contribution in [0.15, 0.2) is 0 Å². The fourth-order valence-corrected chi connectivity index (χ4v) is 3.22. The molecule has 2 rings (SSSR count). The van der Waals surface area contributed by atoms with Crippen molar-refractivity contribution in [1.29, 1.82) is 0 Å². The molecular formula is C15H26N2O3. The summed E-state index contributed by atoms with van der Waals surface area (Å²) in [6.07, 6.45) is 1.42. The summed E-state index contributed by atoms with van der Waals surface area (Å²) in [6.45, 7) is 10.7. The molecule has 0 bridgehead atoms. The number of ether oxygens (including phenoxy) is 1. The maximum atomic E-state index is 12.3. The Labute approximate surface area is 121 Å². The molecule has 1 saturated heterocycles. The predicted octanol–water partition coefficient (Wildman–Crippen LogP) is 1.32. The van der Waals surface area contributed by atoms with Crippen molar-refractivity contribution in [3.05, 3.63) is 0 Å². The number of amides is 2. The molecule has 1 aliphatic carbocycles. The molecule has 5 nitrogen and oxygen atoms in total. The second kappa shape index (κ2) is 5.45. The first-order chi connectivity index (χ1) is 9.28. The highest BCUT2D eigenvalue weighted by molar-refractivity contribution is 6.05. The first kappa shape index (κ1) is 15.4. The summed E-state index contributed by atoms with van der Waals surface area (Å²) in [5.74, 6) is -0.151. The van der Waals surface area contributed by atoms with E-state index in [0.717, 1.165) is 6.42 Å². The minimum Gasteiger partial charge on any atom is -0.378 e. The van der Waals surface area contributed by atoms with E-state index in [4.69, 9.17) is 4.74 Å². The average molecular weight is 282 g/mol. The van der Waals surface area contributed by atoms with Gasteiger partial charge >= 0.3 is 0 Å². The largest absolute Gasteiger partial charge is 0.378 e. The smallest absolute Gasteiger partial charge is 0.247 e. The van der Waals surface area contributed by atoms with Gasteiger partial charge in [0.1, 0.15) is 0 Å². The number of imide groups is 1. The monoisotopic (exact) mass is 282 g/mol. The van der Waals surface area contributed by atoms with E-state index in [1.807, 2.05) is 20.8 Å². The lowest BCUT2D eigenvalue weighted by Crippen LogP contribution is -2.63. The zero-order valence-corrected chi connectivity index (χ0v) is 13.1. The van der Waals surface area contributed by atoms with Gasteiger partial charge in [0.15, 0.2) is 0 Å². The highest BCUT2D eigenvalue weighted by atomic mass is 16.5. The molecule has 2 aliphatic rings. The third-order valence-electron chi connectivity index (χ3n) is 4.65. The normalized spacial score (nSPS) is 32.9. The van der Waals surface area contributed by atoms with E-state index in [2.05, 4.69) is 19.2 Å². The topological polar surface area (TPSA) is 58.6 Å². The maximum absolute atomic E-state index is 12.3. The molecule has 0 aromatic rings. The molecule has 0 aromatic carbocycles. The van der Waals surface area contributed by atoms with Crippen LogP contribution in [-0.4, -0.2) is 47.6 Å². The Bertz CT molecular complexity index is 406. The van der Waals surface area contributed by atoms with Crippen LogP contribution in [0, 0.1) is 5.41 Å². The highest BCUT2D eigenvalue weighted by Gasteiger charge is 2.51. The third kappa shape index (κ3) is 2.49. The summed E-state index contributed by atoms with van der Waals surface area (Å²) in [4.78, 5) is 25.5. The van der Waals surface area contributed by atoms with E-state index in [1.165, 1.54) is 4.90 Å². The van der Waals surface area contributed by atoms with Gasteiger partial charge < -0.3 is 10.1 Å². The highest BCUT2D eigenvalue weighted by Crippen LogP contribution is 2.43. The Balaban J connectivity index is 1.96. The van der Waals surface area contributed by atoms with Gasteiger partial charge in [0.2, 0.25) is 11.8 Å². The van der Waals surface area contributed by atoms with E-state index in [9.17, 15) is 9.59 Å². The summed E-state index contributed by atoms with van der Waals surface area (Å²) in [5.41, 5.74) is 0.00455. The molecule has 3 atom stereocenters. The summed E-state index contributed by atoms with van der Waals surface area (Å²) in [5, 5.41) is 3.37. The molecule has 0 spiro atoms. The van der Waals surface area contributed by atoms with Crippen LogP contribution in [-0.2, 0) is 14.3 Å². The van der Waals surface area contributed by atoms with Crippen LogP contribution in [0.1, 0.15) is 47.5 Å². The molecule has 5 heteroatoms. The molecule has 114 valence electrons. The minimum absolute atomic E-state index is 0.00455. The quantitative estimate of drug-likeness (QED) is 0.773. The Morgan fingerprint density at radius 2 is 2.05 bits per heavy atom. The van der Waals surface area contributed by atoms with Gasteiger partial charge in [0, 0.05) is 24.1 Å². The molecule has 2 fully saturated rings. The molecule has 1 saturated carbocycles. The molecule has 3 unspecified atom stereocenters. The summed E-state index contributed by atoms with van der Waals surface area (Å²) in [6, 6.07) is -0.197. The number of nitrogens with zero attached hydrogens (tertiary/aromatic N) is 1. The van der Waals surface area contributed by atoms with Crippen molar-refractivity contribution >= 4 is 11.8 Å². The SMILES string of the molecule is CCOC1CC(NC2CC(=O)N(C(C)C)C2=O)C1(C)C. The average Bonchev–Trinajstić information content (AvgIpc) is 2.63. The predicted molar refractivity (Wildman–Crippen MR) is 76.1 cm³/mol. The lowest BCUT2D eigenvalue weighted by atomic mass is 9.64. The molecule has 20 heavy (non-hydrogen) atoms. The Hall–Kier alpha value is -0.940. The Morgan fingerprint density at radius 1 is 1.40 bits per heavy atom. The second-order valence-corrected chi connectivity index (χ2v) is 6.67. The van der Waals surface area contributed by atoms with Gasteiger partial charge in [-0.15, -0.1) is 0 Å². The van der Waals surface area contributed by atoms with Crippen molar-refractivity contribution in [1.82, 2.24) is 10.2 Å². The fraction of sp³-hybridized carbons (Fsp3) is 0.867. The van der Waals surface area contributed by atoms with E-state index in [-0.39, 0.29) is 47.9 Å². The lowest BCUT2D eigenvalue weighted by molar-refractivity contribution is -0.142. The van der Waals surface area contributed by atoms with E-state index in [1.54, 1.807) is 0 Å². The maximum Gasteiger partial charge on any atom is 0.247 e. The van der Waals surface area contributed by atoms with Gasteiger partial charge in [-0.25, -0.2) is 0 Å². The summed E-state index contributed by atoms with van der Waals surface area (Å²) < 4.78 is 5.69. The Kier molecular flexibility index (Phi) is 4.21. The van der Waals surface area contributed by atoms with E-state index >= 15 is 0 Å². The molecule has 0 radical (unpaired) electrons. The number of hydrogen-bond acceptors (Lipinski definition) is 4. The van der Waals surface area contributed by atoms with Crippen LogP contribution >= 0.6 is 0 Å². The number of likely N-dealkylation sites (tertiary alicyclic amines) is 1. The number of carbonyl (C=O) groups is 2. The van der Waals surface area contributed by atoms with Crippen molar-refractivity contribution in [2.75, 3.05) is 6.61 Å². The van der Waals surface area contributed by atoms with Gasteiger partial charge in [-0.1, -0.05) is 13.8 Å². The van der Waals surface area contributed by atoms with Gasteiger partial charge in [0.05, 0.1) is 18.6 Å². The van der Waals surface area contributed by atoms with Gasteiger partial charge in [-0.05, 0) is 27.2 Å². The number of rotatable bonds is 5. The van der Waals surface area contributed by atoms with Gasteiger partial charge in [0.25, 0.3) is 0 Å². The van der Waals surface area contributed by atoms with Crippen LogP contribution in [0.3, 0.4) is 0 Å². The van der Waals surface area contributed by atoms with Crippen LogP contribution in [0.25, 0.3) is 0 Å². The number of carbonyl (C=O) groups excluding carboxylic acids is 2. The van der Waals surface area contributed by atoms with Gasteiger partial charge in [-0.3, -0.25) is 14.5 Å². The van der Waals surface area contributed by atoms with Crippen molar-refractivity contribution in [3.8, 4) is 0 Å². The van der Waals surface area contributed by atoms with Crippen LogP contribution in [0.5, 0.6) is 0 Å². The standard InChI is InChI=1S/C15H26N2O3/c1-6-20-12-8-11(15(12,4)5)16-10-7-13(18)17(9(2)3)14(10)19/h9-12,16H,6-8H2,1-5H3. The van der Waals surface area contributed by atoms with Crippen molar-refractivity contribution < 1.29 is 14.3 Å². The van der Waals surface area contributed by atoms with Crippen molar-refractivity contribution in [2.45, 2.75) is 71.7 Å². The number of hydrogen-bond donors (Lipinski definition) is 1. The molecule has 2 amide bonds. The minimum atomic E-state index is -0.364. The second-order valence-electron chi connectivity index (χ2n) is 6.67. The fourth-order valence-electron chi connectivity index (χ4n) is 3.22. The first-order valence-corrected chi connectivity index (χ1v) is 7.52. The Morgan fingerprint density at radius 3 is 2.50 bits per heavy atom. The molecule has 1 heterocycles. The molecule has 1 aliphatic heterocycles. The summed E-state index contributed by atoms with van der Waals surface area (Å²) >= 11 is 0. The van der Waals surface area contributed by atoms with Crippen LogP contribution in [0.2, 0.25) is 0 Å².